The summed E-state index contributed by atoms with van der Waals surface area (Å²) in [6, 6.07) is -0.805. The molecule has 8 nitrogen and oxygen atoms in total. The van der Waals surface area contributed by atoms with E-state index in [-0.39, 0.29) is 30.9 Å². The van der Waals surface area contributed by atoms with Crippen LogP contribution in [0, 0.1) is 11.8 Å². The normalized spacial score (nSPS) is 36.8. The van der Waals surface area contributed by atoms with Gasteiger partial charge in [0, 0.05) is 20.1 Å². The van der Waals surface area contributed by atoms with Crippen molar-refractivity contribution in [2.24, 2.45) is 11.8 Å². The van der Waals surface area contributed by atoms with Gasteiger partial charge in [-0.2, -0.15) is 0 Å². The maximum absolute atomic E-state index is 13.2. The summed E-state index contributed by atoms with van der Waals surface area (Å²) >= 11 is 0. The molecular formula is C19H31N3O5. The van der Waals surface area contributed by atoms with E-state index < -0.39 is 29.1 Å². The second kappa shape index (κ2) is 7.39. The molecule has 8 heteroatoms. The third-order valence-corrected chi connectivity index (χ3v) is 6.47. The molecule has 3 N–H and O–H groups in total. The van der Waals surface area contributed by atoms with Crippen LogP contribution in [0.1, 0.15) is 46.0 Å². The highest BCUT2D eigenvalue weighted by Crippen LogP contribution is 2.62. The van der Waals surface area contributed by atoms with Crippen LogP contribution in [0.15, 0.2) is 0 Å². The van der Waals surface area contributed by atoms with Crippen molar-refractivity contribution in [1.29, 1.82) is 0 Å². The smallest absolute Gasteiger partial charge is 0.245 e. The van der Waals surface area contributed by atoms with E-state index in [1.807, 2.05) is 6.92 Å². The largest absolute Gasteiger partial charge is 0.395 e. The van der Waals surface area contributed by atoms with E-state index in [0.717, 1.165) is 19.3 Å². The van der Waals surface area contributed by atoms with Gasteiger partial charge in [0.25, 0.3) is 0 Å². The Bertz CT molecular complexity index is 626. The number of fused-ring (bicyclic) bond motifs is 1. The van der Waals surface area contributed by atoms with Crippen LogP contribution < -0.4 is 10.6 Å². The third-order valence-electron chi connectivity index (χ3n) is 6.47. The quantitative estimate of drug-likeness (QED) is 0.505. The lowest BCUT2D eigenvalue weighted by atomic mass is 9.66. The SMILES string of the molecule is CCCCCNC(=O)C1N(CCO)C(=O)[C@@H]2[C@H](C(=O)NC)[C@]3(C)CCC12O3. The summed E-state index contributed by atoms with van der Waals surface area (Å²) < 4.78 is 6.35. The average molecular weight is 381 g/mol. The van der Waals surface area contributed by atoms with Gasteiger partial charge < -0.3 is 25.4 Å². The molecule has 3 amide bonds. The molecule has 5 atom stereocenters. The highest BCUT2D eigenvalue weighted by atomic mass is 16.5. The molecule has 27 heavy (non-hydrogen) atoms. The zero-order valence-corrected chi connectivity index (χ0v) is 16.4. The Morgan fingerprint density at radius 3 is 2.67 bits per heavy atom. The monoisotopic (exact) mass is 381 g/mol. The molecular weight excluding hydrogens is 350 g/mol. The summed E-state index contributed by atoms with van der Waals surface area (Å²) in [5.41, 5.74) is -1.74. The van der Waals surface area contributed by atoms with Gasteiger partial charge in [-0.05, 0) is 26.2 Å². The molecule has 1 spiro atoms. The number of unbranched alkanes of at least 4 members (excludes halogenated alkanes) is 2. The molecule has 3 fully saturated rings. The predicted octanol–water partition coefficient (Wildman–Crippen LogP) is -0.204. The van der Waals surface area contributed by atoms with E-state index in [4.69, 9.17) is 4.74 Å². The van der Waals surface area contributed by atoms with E-state index >= 15 is 0 Å². The lowest BCUT2D eigenvalue weighted by molar-refractivity contribution is -0.146. The molecule has 0 aromatic heterocycles. The van der Waals surface area contributed by atoms with Crippen LogP contribution in [0.25, 0.3) is 0 Å². The molecule has 0 aromatic carbocycles. The molecule has 3 aliphatic rings. The predicted molar refractivity (Wildman–Crippen MR) is 97.6 cm³/mol. The number of carbonyl (C=O) groups is 3. The number of likely N-dealkylation sites (tertiary alicyclic amines) is 1. The molecule has 2 bridgehead atoms. The van der Waals surface area contributed by atoms with E-state index in [0.29, 0.717) is 19.4 Å². The number of ether oxygens (including phenoxy) is 1. The molecule has 0 aliphatic carbocycles. The minimum Gasteiger partial charge on any atom is -0.395 e. The van der Waals surface area contributed by atoms with Gasteiger partial charge in [-0.1, -0.05) is 19.8 Å². The van der Waals surface area contributed by atoms with Crippen molar-refractivity contribution >= 4 is 17.7 Å². The van der Waals surface area contributed by atoms with Gasteiger partial charge in [0.2, 0.25) is 17.7 Å². The number of amides is 3. The second-order valence-corrected chi connectivity index (χ2v) is 8.10. The fourth-order valence-corrected chi connectivity index (χ4v) is 5.31. The maximum Gasteiger partial charge on any atom is 0.245 e. The molecule has 3 heterocycles. The fraction of sp³-hybridized carbons (Fsp3) is 0.842. The number of hydrogen-bond acceptors (Lipinski definition) is 5. The van der Waals surface area contributed by atoms with Crippen molar-refractivity contribution in [2.75, 3.05) is 26.7 Å². The Kier molecular flexibility index (Phi) is 5.49. The van der Waals surface area contributed by atoms with E-state index in [1.165, 1.54) is 4.90 Å². The summed E-state index contributed by atoms with van der Waals surface area (Å²) in [5.74, 6) is -2.06. The number of nitrogens with one attached hydrogen (secondary N) is 2. The van der Waals surface area contributed by atoms with Crippen LogP contribution in [0.4, 0.5) is 0 Å². The van der Waals surface area contributed by atoms with Gasteiger partial charge >= 0.3 is 0 Å². The molecule has 3 aliphatic heterocycles. The van der Waals surface area contributed by atoms with E-state index in [2.05, 4.69) is 17.6 Å². The van der Waals surface area contributed by atoms with Gasteiger partial charge in [-0.25, -0.2) is 0 Å². The van der Waals surface area contributed by atoms with Crippen LogP contribution in [-0.2, 0) is 19.1 Å². The first-order valence-electron chi connectivity index (χ1n) is 9.97. The standard InChI is InChI=1S/C19H31N3O5/c1-4-5-6-9-21-16(25)14-19-8-7-18(2,27-19)12(15(24)20-3)13(19)17(26)22(14)10-11-23/h12-14,23H,4-11H2,1-3H3,(H,20,24)(H,21,25)/t12-,13+,14?,18+,19?/m1/s1. The summed E-state index contributed by atoms with van der Waals surface area (Å²) in [6.45, 7) is 4.32. The Balaban J connectivity index is 1.91. The summed E-state index contributed by atoms with van der Waals surface area (Å²) in [6.07, 6.45) is 4.13. The van der Waals surface area contributed by atoms with E-state index in [9.17, 15) is 19.5 Å². The van der Waals surface area contributed by atoms with Gasteiger partial charge in [-0.3, -0.25) is 14.4 Å². The Morgan fingerprint density at radius 1 is 1.30 bits per heavy atom. The minimum absolute atomic E-state index is 0.0602. The van der Waals surface area contributed by atoms with Crippen molar-refractivity contribution in [3.05, 3.63) is 0 Å². The number of carbonyl (C=O) groups excluding carboxylic acids is 3. The van der Waals surface area contributed by atoms with Crippen LogP contribution in [0.2, 0.25) is 0 Å². The molecule has 0 radical (unpaired) electrons. The highest BCUT2D eigenvalue weighted by Gasteiger charge is 2.77. The van der Waals surface area contributed by atoms with Crippen LogP contribution >= 0.6 is 0 Å². The van der Waals surface area contributed by atoms with Crippen molar-refractivity contribution in [3.8, 4) is 0 Å². The minimum atomic E-state index is -0.993. The maximum atomic E-state index is 13.2. The Labute approximate surface area is 160 Å². The van der Waals surface area contributed by atoms with Gasteiger partial charge in [-0.15, -0.1) is 0 Å². The number of aliphatic hydroxyl groups excluding tert-OH is 1. The van der Waals surface area contributed by atoms with Gasteiger partial charge in [0.15, 0.2) is 0 Å². The van der Waals surface area contributed by atoms with Gasteiger partial charge in [0.05, 0.1) is 24.0 Å². The highest BCUT2D eigenvalue weighted by molar-refractivity contribution is 5.99. The lowest BCUT2D eigenvalue weighted by Gasteiger charge is -2.33. The summed E-state index contributed by atoms with van der Waals surface area (Å²) in [4.78, 5) is 40.2. The van der Waals surface area contributed by atoms with Crippen LogP contribution in [0.3, 0.4) is 0 Å². The first-order chi connectivity index (χ1) is 12.9. The van der Waals surface area contributed by atoms with Gasteiger partial charge in [0.1, 0.15) is 11.6 Å². The Hall–Kier alpha value is -1.67. The topological polar surface area (TPSA) is 108 Å². The molecule has 152 valence electrons. The number of hydrogen-bond donors (Lipinski definition) is 3. The Morgan fingerprint density at radius 2 is 2.04 bits per heavy atom. The number of nitrogens with zero attached hydrogens (tertiary/aromatic N) is 1. The molecule has 3 rings (SSSR count). The fourth-order valence-electron chi connectivity index (χ4n) is 5.31. The third kappa shape index (κ3) is 2.93. The first-order valence-corrected chi connectivity index (χ1v) is 9.97. The number of β-amino-alcohol motifs (C(OH)–C–C–N with tert-alkyl or cyclic N) is 1. The van der Waals surface area contributed by atoms with Crippen molar-refractivity contribution < 1.29 is 24.2 Å². The second-order valence-electron chi connectivity index (χ2n) is 8.10. The molecule has 2 unspecified atom stereocenters. The zero-order chi connectivity index (χ0) is 19.8. The van der Waals surface area contributed by atoms with Crippen molar-refractivity contribution in [1.82, 2.24) is 15.5 Å². The van der Waals surface area contributed by atoms with Crippen LogP contribution in [0.5, 0.6) is 0 Å². The summed E-state index contributed by atoms with van der Waals surface area (Å²) in [5, 5.41) is 15.0. The zero-order valence-electron chi connectivity index (χ0n) is 16.4. The lowest BCUT2D eigenvalue weighted by Crippen LogP contribution is -2.55. The molecule has 0 saturated carbocycles. The molecule has 3 saturated heterocycles. The van der Waals surface area contributed by atoms with Crippen molar-refractivity contribution in [2.45, 2.75) is 63.2 Å². The van der Waals surface area contributed by atoms with E-state index in [1.54, 1.807) is 7.05 Å². The number of aliphatic hydroxyl groups is 1. The first kappa shape index (κ1) is 20.1. The molecule has 0 aromatic rings. The average Bonchev–Trinajstić information content (AvgIpc) is 3.20. The van der Waals surface area contributed by atoms with Crippen molar-refractivity contribution in [3.63, 3.8) is 0 Å². The van der Waals surface area contributed by atoms with Crippen LogP contribution in [-0.4, -0.2) is 71.7 Å². The summed E-state index contributed by atoms with van der Waals surface area (Å²) in [7, 11) is 1.55. The number of rotatable bonds is 8.